The van der Waals surface area contributed by atoms with Crippen molar-refractivity contribution in [1.82, 2.24) is 5.32 Å². The molecule has 1 saturated carbocycles. The van der Waals surface area contributed by atoms with Crippen molar-refractivity contribution in [3.05, 3.63) is 60.2 Å². The second-order valence-electron chi connectivity index (χ2n) is 7.34. The van der Waals surface area contributed by atoms with E-state index in [1.54, 1.807) is 12.1 Å². The lowest BCUT2D eigenvalue weighted by molar-refractivity contribution is -0.126. The first kappa shape index (κ1) is 18.2. The lowest BCUT2D eigenvalue weighted by atomic mass is 10.0. The molecule has 1 atom stereocenters. The third-order valence-corrected chi connectivity index (χ3v) is 5.21. The molecule has 0 saturated heterocycles. The molecule has 2 N–H and O–H groups in total. The zero-order chi connectivity index (χ0) is 19.5. The van der Waals surface area contributed by atoms with Gasteiger partial charge in [-0.3, -0.25) is 14.4 Å². The summed E-state index contributed by atoms with van der Waals surface area (Å²) >= 11 is 0. The van der Waals surface area contributed by atoms with Gasteiger partial charge < -0.3 is 15.5 Å². The van der Waals surface area contributed by atoms with Crippen LogP contribution in [-0.2, 0) is 14.4 Å². The van der Waals surface area contributed by atoms with Crippen LogP contribution in [0.4, 0.5) is 11.4 Å². The number of hydrogen-bond acceptors (Lipinski definition) is 3. The molecule has 1 heterocycles. The van der Waals surface area contributed by atoms with E-state index in [1.807, 2.05) is 42.5 Å². The molecule has 144 valence electrons. The molecule has 0 radical (unpaired) electrons. The van der Waals surface area contributed by atoms with E-state index < -0.39 is 0 Å². The molecule has 2 aliphatic rings. The Morgan fingerprint density at radius 2 is 1.75 bits per heavy atom. The van der Waals surface area contributed by atoms with Crippen molar-refractivity contribution in [1.29, 1.82) is 0 Å². The van der Waals surface area contributed by atoms with Gasteiger partial charge in [0, 0.05) is 12.8 Å². The molecule has 1 unspecified atom stereocenters. The van der Waals surface area contributed by atoms with Crippen molar-refractivity contribution in [2.45, 2.75) is 31.7 Å². The molecule has 1 aliphatic heterocycles. The van der Waals surface area contributed by atoms with Crippen molar-refractivity contribution >= 4 is 29.1 Å². The summed E-state index contributed by atoms with van der Waals surface area (Å²) in [6, 6.07) is 17.1. The smallest absolute Gasteiger partial charge is 0.244 e. The molecular formula is C22H23N3O3. The number of rotatable bonds is 6. The third-order valence-electron chi connectivity index (χ3n) is 5.21. The minimum atomic E-state index is -0.227. The molecule has 0 aromatic heterocycles. The van der Waals surface area contributed by atoms with Crippen molar-refractivity contribution in [2.75, 3.05) is 16.8 Å². The summed E-state index contributed by atoms with van der Waals surface area (Å²) in [5.41, 5.74) is 2.40. The Bertz CT molecular complexity index is 893. The summed E-state index contributed by atoms with van der Waals surface area (Å²) in [5, 5.41) is 5.85. The molecule has 1 aliphatic carbocycles. The molecule has 6 heteroatoms. The lowest BCUT2D eigenvalue weighted by Crippen LogP contribution is -2.42. The standard InChI is InChI=1S/C22H23N3O3/c26-19(24-22(16-10-11-16)15-6-2-1-3-7-15)12-13-21(28)25-14-20(27)23-17-8-4-5-9-18(17)25/h1-9,16,22H,10-14H2,(H,23,27)(H,24,26). The summed E-state index contributed by atoms with van der Waals surface area (Å²) < 4.78 is 0. The minimum absolute atomic E-state index is 0.00490. The third kappa shape index (κ3) is 4.06. The molecule has 4 rings (SSSR count). The van der Waals surface area contributed by atoms with Crippen LogP contribution in [0.5, 0.6) is 0 Å². The number of para-hydroxylation sites is 2. The van der Waals surface area contributed by atoms with Crippen LogP contribution < -0.4 is 15.5 Å². The van der Waals surface area contributed by atoms with Crippen LogP contribution in [0.1, 0.15) is 37.3 Å². The second-order valence-corrected chi connectivity index (χ2v) is 7.34. The van der Waals surface area contributed by atoms with Gasteiger partial charge in [0.15, 0.2) is 0 Å². The zero-order valence-electron chi connectivity index (χ0n) is 15.6. The maximum Gasteiger partial charge on any atom is 0.244 e. The quantitative estimate of drug-likeness (QED) is 0.812. The number of carbonyl (C=O) groups is 3. The van der Waals surface area contributed by atoms with Crippen LogP contribution >= 0.6 is 0 Å². The Kier molecular flexibility index (Phi) is 5.10. The second kappa shape index (κ2) is 7.84. The van der Waals surface area contributed by atoms with Gasteiger partial charge in [0.1, 0.15) is 6.54 Å². The monoisotopic (exact) mass is 377 g/mol. The Hall–Kier alpha value is -3.15. The molecular weight excluding hydrogens is 354 g/mol. The largest absolute Gasteiger partial charge is 0.349 e. The normalized spacial score (nSPS) is 16.7. The van der Waals surface area contributed by atoms with Crippen LogP contribution in [0.25, 0.3) is 0 Å². The van der Waals surface area contributed by atoms with E-state index in [-0.39, 0.29) is 43.1 Å². The van der Waals surface area contributed by atoms with Crippen LogP contribution in [0, 0.1) is 5.92 Å². The first-order valence-electron chi connectivity index (χ1n) is 9.65. The van der Waals surface area contributed by atoms with E-state index in [1.165, 1.54) is 4.90 Å². The SMILES string of the molecule is O=C1CN(C(=O)CCC(=O)NC(c2ccccc2)C2CC2)c2ccccc2N1. The van der Waals surface area contributed by atoms with Gasteiger partial charge in [-0.1, -0.05) is 42.5 Å². The number of nitrogens with one attached hydrogen (secondary N) is 2. The number of fused-ring (bicyclic) bond motifs is 1. The number of nitrogens with zero attached hydrogens (tertiary/aromatic N) is 1. The highest BCUT2D eigenvalue weighted by atomic mass is 16.2. The van der Waals surface area contributed by atoms with Gasteiger partial charge in [0.25, 0.3) is 0 Å². The minimum Gasteiger partial charge on any atom is -0.349 e. The average Bonchev–Trinajstić information content (AvgIpc) is 3.55. The van der Waals surface area contributed by atoms with Gasteiger partial charge in [0.2, 0.25) is 17.7 Å². The predicted molar refractivity (Wildman–Crippen MR) is 107 cm³/mol. The van der Waals surface area contributed by atoms with Crippen LogP contribution in [0.15, 0.2) is 54.6 Å². The Morgan fingerprint density at radius 3 is 2.50 bits per heavy atom. The Balaban J connectivity index is 1.37. The number of hydrogen-bond donors (Lipinski definition) is 2. The van der Waals surface area contributed by atoms with E-state index in [0.717, 1.165) is 18.4 Å². The van der Waals surface area contributed by atoms with Crippen LogP contribution in [0.3, 0.4) is 0 Å². The highest BCUT2D eigenvalue weighted by Gasteiger charge is 2.33. The van der Waals surface area contributed by atoms with Gasteiger partial charge in [-0.05, 0) is 36.5 Å². The van der Waals surface area contributed by atoms with Gasteiger partial charge in [-0.25, -0.2) is 0 Å². The van der Waals surface area contributed by atoms with E-state index in [2.05, 4.69) is 10.6 Å². The van der Waals surface area contributed by atoms with Crippen LogP contribution in [0.2, 0.25) is 0 Å². The highest BCUT2D eigenvalue weighted by molar-refractivity contribution is 6.10. The van der Waals surface area contributed by atoms with Gasteiger partial charge in [-0.15, -0.1) is 0 Å². The van der Waals surface area contributed by atoms with Gasteiger partial charge in [-0.2, -0.15) is 0 Å². The average molecular weight is 377 g/mol. The molecule has 0 bridgehead atoms. The maximum absolute atomic E-state index is 12.7. The summed E-state index contributed by atoms with van der Waals surface area (Å²) in [6.07, 6.45) is 2.39. The van der Waals surface area contributed by atoms with Crippen LogP contribution in [-0.4, -0.2) is 24.3 Å². The molecule has 2 aromatic carbocycles. The number of anilines is 2. The number of carbonyl (C=O) groups excluding carboxylic acids is 3. The number of amides is 3. The van der Waals surface area contributed by atoms with E-state index in [0.29, 0.717) is 17.3 Å². The zero-order valence-corrected chi connectivity index (χ0v) is 15.6. The highest BCUT2D eigenvalue weighted by Crippen LogP contribution is 2.41. The fraction of sp³-hybridized carbons (Fsp3) is 0.318. The fourth-order valence-corrected chi connectivity index (χ4v) is 3.62. The van der Waals surface area contributed by atoms with E-state index >= 15 is 0 Å². The van der Waals surface area contributed by atoms with E-state index in [9.17, 15) is 14.4 Å². The molecule has 3 amide bonds. The lowest BCUT2D eigenvalue weighted by Gasteiger charge is -2.29. The summed E-state index contributed by atoms with van der Waals surface area (Å²) in [7, 11) is 0. The van der Waals surface area contributed by atoms with Crippen molar-refractivity contribution in [3.63, 3.8) is 0 Å². The molecule has 6 nitrogen and oxygen atoms in total. The Labute approximate surface area is 163 Å². The fourth-order valence-electron chi connectivity index (χ4n) is 3.62. The number of benzene rings is 2. The van der Waals surface area contributed by atoms with Crippen molar-refractivity contribution < 1.29 is 14.4 Å². The van der Waals surface area contributed by atoms with Gasteiger partial charge in [0.05, 0.1) is 17.4 Å². The summed E-state index contributed by atoms with van der Waals surface area (Å²) in [6.45, 7) is -0.0216. The molecule has 28 heavy (non-hydrogen) atoms. The first-order valence-corrected chi connectivity index (χ1v) is 9.65. The topological polar surface area (TPSA) is 78.5 Å². The first-order chi connectivity index (χ1) is 13.6. The van der Waals surface area contributed by atoms with Crippen molar-refractivity contribution in [2.24, 2.45) is 5.92 Å². The molecule has 0 spiro atoms. The summed E-state index contributed by atoms with van der Waals surface area (Å²) in [4.78, 5) is 38.5. The Morgan fingerprint density at radius 1 is 1.04 bits per heavy atom. The van der Waals surface area contributed by atoms with E-state index in [4.69, 9.17) is 0 Å². The predicted octanol–water partition coefficient (Wildman–Crippen LogP) is 3.02. The van der Waals surface area contributed by atoms with Crippen molar-refractivity contribution in [3.8, 4) is 0 Å². The molecule has 1 fully saturated rings. The molecule has 2 aromatic rings. The summed E-state index contributed by atoms with van der Waals surface area (Å²) in [5.74, 6) is -0.113. The maximum atomic E-state index is 12.7. The van der Waals surface area contributed by atoms with Gasteiger partial charge >= 0.3 is 0 Å².